The fourth-order valence-electron chi connectivity index (χ4n) is 6.77. The first-order valence-electron chi connectivity index (χ1n) is 15.6. The molecule has 2 aliphatic heterocycles. The number of carbonyl (C=O) groups is 1. The summed E-state index contributed by atoms with van der Waals surface area (Å²) in [6.07, 6.45) is 3.11. The van der Waals surface area contributed by atoms with E-state index in [1.165, 1.54) is 0 Å². The molecule has 2 saturated heterocycles. The van der Waals surface area contributed by atoms with Crippen LogP contribution in [-0.2, 0) is 17.9 Å². The van der Waals surface area contributed by atoms with Crippen LogP contribution in [0.15, 0.2) is 63.4 Å². The van der Waals surface area contributed by atoms with Gasteiger partial charge in [-0.15, -0.1) is 10.2 Å². The van der Waals surface area contributed by atoms with Gasteiger partial charge in [0.25, 0.3) is 0 Å². The topological polar surface area (TPSA) is 129 Å². The van der Waals surface area contributed by atoms with Crippen molar-refractivity contribution in [3.05, 3.63) is 77.2 Å². The lowest BCUT2D eigenvalue weighted by atomic mass is 9.91. The Balaban J connectivity index is 1.15. The number of carboxylic acids is 1. The van der Waals surface area contributed by atoms with Crippen molar-refractivity contribution < 1.29 is 23.8 Å². The van der Waals surface area contributed by atoms with Crippen LogP contribution in [-0.4, -0.2) is 72.9 Å². The molecule has 0 aliphatic carbocycles. The minimum Gasteiger partial charge on any atom is -0.480 e. The number of aromatic nitrogens is 3. The highest BCUT2D eigenvalue weighted by atomic mass is 16.4. The largest absolute Gasteiger partial charge is 0.480 e. The monoisotopic (exact) mass is 607 g/mol. The fraction of sp³-hybridized carbons (Fsp3) is 0.371. The van der Waals surface area contributed by atoms with Gasteiger partial charge < -0.3 is 19.0 Å². The molecule has 10 heteroatoms. The van der Waals surface area contributed by atoms with Crippen molar-refractivity contribution in [2.75, 3.05) is 19.6 Å². The van der Waals surface area contributed by atoms with Gasteiger partial charge in [-0.2, -0.15) is 0 Å². The summed E-state index contributed by atoms with van der Waals surface area (Å²) < 4.78 is 12.3. The molecule has 0 radical (unpaired) electrons. The third-order valence-electron chi connectivity index (χ3n) is 9.23. The number of oxazole rings is 1. The number of rotatable bonds is 8. The number of carboxylic acid groups (broad SMARTS) is 1. The highest BCUT2D eigenvalue weighted by molar-refractivity contribution is 5.83. The minimum absolute atomic E-state index is 0.296. The molecule has 5 aromatic rings. The quantitative estimate of drug-likeness (QED) is 0.222. The van der Waals surface area contributed by atoms with Gasteiger partial charge in [-0.05, 0) is 91.7 Å². The Morgan fingerprint density at radius 1 is 0.867 bits per heavy atom. The zero-order valence-corrected chi connectivity index (χ0v) is 25.6. The Bertz CT molecular complexity index is 1860. The number of aliphatic hydroxyl groups is 1. The van der Waals surface area contributed by atoms with Crippen molar-refractivity contribution >= 4 is 17.1 Å². The van der Waals surface area contributed by atoms with Crippen molar-refractivity contribution in [3.8, 4) is 34.0 Å². The number of nitrogens with zero attached hydrogens (tertiary/aromatic N) is 5. The highest BCUT2D eigenvalue weighted by Gasteiger charge is 2.28. The molecule has 4 heterocycles. The van der Waals surface area contributed by atoms with Crippen molar-refractivity contribution in [3.63, 3.8) is 0 Å². The molecule has 45 heavy (non-hydrogen) atoms. The highest BCUT2D eigenvalue weighted by Crippen LogP contribution is 2.37. The molecular weight excluding hydrogens is 570 g/mol. The number of likely N-dealkylation sites (tertiary alicyclic amines) is 2. The Labute approximate surface area is 261 Å². The molecule has 0 bridgehead atoms. The van der Waals surface area contributed by atoms with Gasteiger partial charge in [0.15, 0.2) is 5.58 Å². The van der Waals surface area contributed by atoms with Gasteiger partial charge >= 0.3 is 5.97 Å². The standard InChI is InChI=1S/C35H37N5O5/c1-21-25(26-8-6-10-28(22(26)2)34-38-37-32(45-34)20-39-16-14-24(41)19-39)7-5-9-27(21)33-36-29-17-23(12-13-31(29)44-33)18-40-15-4-3-11-30(40)35(42)43/h5-10,12-13,17,24,30,41H,3-4,11,14-16,18-20H2,1-2H3,(H,42,43)/t24-,30+/m1/s1. The Kier molecular flexibility index (Phi) is 7.95. The number of hydrogen-bond acceptors (Lipinski definition) is 9. The van der Waals surface area contributed by atoms with Crippen LogP contribution in [0.5, 0.6) is 0 Å². The summed E-state index contributed by atoms with van der Waals surface area (Å²) in [4.78, 5) is 20.8. The summed E-state index contributed by atoms with van der Waals surface area (Å²) in [5.41, 5.74) is 8.45. The Morgan fingerprint density at radius 2 is 1.60 bits per heavy atom. The predicted octanol–water partition coefficient (Wildman–Crippen LogP) is 5.83. The van der Waals surface area contributed by atoms with E-state index in [4.69, 9.17) is 13.8 Å². The van der Waals surface area contributed by atoms with E-state index in [0.717, 1.165) is 76.8 Å². The van der Waals surface area contributed by atoms with Crippen molar-refractivity contribution in [1.82, 2.24) is 25.0 Å². The van der Waals surface area contributed by atoms with E-state index in [2.05, 4.69) is 41.1 Å². The van der Waals surface area contributed by atoms with E-state index in [-0.39, 0.29) is 6.10 Å². The smallest absolute Gasteiger partial charge is 0.320 e. The third-order valence-corrected chi connectivity index (χ3v) is 9.23. The number of hydrogen-bond donors (Lipinski definition) is 2. The molecule has 7 rings (SSSR count). The van der Waals surface area contributed by atoms with Crippen LogP contribution < -0.4 is 0 Å². The normalized spacial score (nSPS) is 19.4. The zero-order valence-electron chi connectivity index (χ0n) is 25.6. The maximum atomic E-state index is 11.8. The molecule has 2 aliphatic rings. The van der Waals surface area contributed by atoms with Gasteiger partial charge in [0.1, 0.15) is 11.6 Å². The molecule has 2 atom stereocenters. The second-order valence-electron chi connectivity index (χ2n) is 12.3. The number of aliphatic hydroxyl groups excluding tert-OH is 1. The van der Waals surface area contributed by atoms with Crippen LogP contribution in [0.4, 0.5) is 0 Å². The molecule has 3 aromatic carbocycles. The summed E-state index contributed by atoms with van der Waals surface area (Å²) >= 11 is 0. The summed E-state index contributed by atoms with van der Waals surface area (Å²) in [6.45, 7) is 7.46. The summed E-state index contributed by atoms with van der Waals surface area (Å²) in [6, 6.07) is 17.7. The Hall–Kier alpha value is -4.38. The molecule has 2 fully saturated rings. The number of fused-ring (bicyclic) bond motifs is 1. The van der Waals surface area contributed by atoms with Crippen molar-refractivity contribution in [1.29, 1.82) is 0 Å². The van der Waals surface area contributed by atoms with E-state index in [9.17, 15) is 15.0 Å². The van der Waals surface area contributed by atoms with Gasteiger partial charge in [-0.25, -0.2) is 4.98 Å². The SMILES string of the molecule is Cc1c(-c2nnc(CN3CC[C@@H](O)C3)o2)cccc1-c1cccc(-c2nc3cc(CN4CCCC[C@H]4C(=O)O)ccc3o2)c1C. The first-order valence-corrected chi connectivity index (χ1v) is 15.6. The summed E-state index contributed by atoms with van der Waals surface area (Å²) in [5, 5.41) is 28.1. The summed E-state index contributed by atoms with van der Waals surface area (Å²) in [5.74, 6) is 0.812. The molecule has 232 valence electrons. The average Bonchev–Trinajstić information content (AvgIpc) is 3.78. The molecule has 0 saturated carbocycles. The number of aliphatic carboxylic acids is 1. The van der Waals surface area contributed by atoms with Gasteiger partial charge in [0.2, 0.25) is 17.7 Å². The molecule has 10 nitrogen and oxygen atoms in total. The number of benzene rings is 3. The summed E-state index contributed by atoms with van der Waals surface area (Å²) in [7, 11) is 0. The molecule has 2 aromatic heterocycles. The molecule has 0 amide bonds. The van der Waals surface area contributed by atoms with Crippen LogP contribution in [0.25, 0.3) is 45.1 Å². The molecule has 0 spiro atoms. The molecule has 0 unspecified atom stereocenters. The van der Waals surface area contributed by atoms with Crippen molar-refractivity contribution in [2.24, 2.45) is 0 Å². The maximum absolute atomic E-state index is 11.8. The van der Waals surface area contributed by atoms with Crippen LogP contribution in [0.1, 0.15) is 48.3 Å². The third kappa shape index (κ3) is 5.88. The minimum atomic E-state index is -0.753. The van der Waals surface area contributed by atoms with Gasteiger partial charge in [-0.1, -0.05) is 36.8 Å². The lowest BCUT2D eigenvalue weighted by Crippen LogP contribution is -2.43. The van der Waals surface area contributed by atoms with Crippen LogP contribution in [0.3, 0.4) is 0 Å². The lowest BCUT2D eigenvalue weighted by Gasteiger charge is -2.32. The first kappa shape index (κ1) is 29.3. The van der Waals surface area contributed by atoms with E-state index < -0.39 is 12.0 Å². The van der Waals surface area contributed by atoms with Gasteiger partial charge in [-0.3, -0.25) is 14.6 Å². The predicted molar refractivity (Wildman–Crippen MR) is 169 cm³/mol. The second kappa shape index (κ2) is 12.2. The van der Waals surface area contributed by atoms with Crippen LogP contribution >= 0.6 is 0 Å². The first-order chi connectivity index (χ1) is 21.8. The molecular formula is C35H37N5O5. The van der Waals surface area contributed by atoms with E-state index in [1.807, 2.05) is 47.4 Å². The van der Waals surface area contributed by atoms with E-state index >= 15 is 0 Å². The maximum Gasteiger partial charge on any atom is 0.320 e. The number of β-amino-alcohol motifs (C(OH)–C–C–N with tert-alkyl or cyclic N) is 1. The Morgan fingerprint density at radius 3 is 2.31 bits per heavy atom. The van der Waals surface area contributed by atoms with Gasteiger partial charge in [0, 0.05) is 30.8 Å². The van der Waals surface area contributed by atoms with Crippen molar-refractivity contribution in [2.45, 2.75) is 64.8 Å². The van der Waals surface area contributed by atoms with E-state index in [1.54, 1.807) is 0 Å². The van der Waals surface area contributed by atoms with Crippen LogP contribution in [0, 0.1) is 13.8 Å². The fourth-order valence-corrected chi connectivity index (χ4v) is 6.77. The zero-order chi connectivity index (χ0) is 31.1. The van der Waals surface area contributed by atoms with Gasteiger partial charge in [0.05, 0.1) is 12.6 Å². The number of piperidine rings is 1. The average molecular weight is 608 g/mol. The lowest BCUT2D eigenvalue weighted by molar-refractivity contribution is -0.144. The van der Waals surface area contributed by atoms with E-state index in [0.29, 0.717) is 49.3 Å². The molecule has 2 N–H and O–H groups in total. The second-order valence-corrected chi connectivity index (χ2v) is 12.3. The van der Waals surface area contributed by atoms with Crippen LogP contribution in [0.2, 0.25) is 0 Å².